The van der Waals surface area contributed by atoms with E-state index in [2.05, 4.69) is 15.4 Å². The highest BCUT2D eigenvalue weighted by atomic mass is 16.2. The molecule has 0 unspecified atom stereocenters. The predicted octanol–water partition coefficient (Wildman–Crippen LogP) is 0.567. The van der Waals surface area contributed by atoms with E-state index >= 15 is 0 Å². The Bertz CT molecular complexity index is 1040. The number of amides is 2. The normalized spacial score (nSPS) is 10.8. The van der Waals surface area contributed by atoms with Gasteiger partial charge in [-0.3, -0.25) is 19.0 Å². The molecule has 0 saturated carbocycles. The van der Waals surface area contributed by atoms with Gasteiger partial charge >= 0.3 is 0 Å². The van der Waals surface area contributed by atoms with Crippen LogP contribution in [-0.4, -0.2) is 55.7 Å². The minimum atomic E-state index is -0.352. The van der Waals surface area contributed by atoms with Crippen LogP contribution in [0.1, 0.15) is 13.8 Å². The molecule has 2 heterocycles. The summed E-state index contributed by atoms with van der Waals surface area (Å²) in [6, 6.07) is 9.36. The molecule has 1 N–H and O–H groups in total. The molecule has 0 bridgehead atoms. The number of carbonyl (C=O) groups is 2. The number of nitrogens with one attached hydrogen (secondary N) is 1. The summed E-state index contributed by atoms with van der Waals surface area (Å²) in [6.07, 6.45) is 2.79. The van der Waals surface area contributed by atoms with E-state index in [0.29, 0.717) is 24.1 Å². The van der Waals surface area contributed by atoms with Gasteiger partial charge < -0.3 is 10.2 Å². The van der Waals surface area contributed by atoms with Crippen molar-refractivity contribution in [3.05, 3.63) is 53.2 Å². The summed E-state index contributed by atoms with van der Waals surface area (Å²) in [5.74, 6) is -0.560. The number of rotatable bonds is 7. The fraction of sp³-hybridized carbons (Fsp3) is 0.316. The second-order valence-corrected chi connectivity index (χ2v) is 6.17. The SMILES string of the molecule is CCNC(=O)CN(CC)C(=O)Cn1cnc2c(cnn2-c2ccccc2)c1=O. The molecule has 0 fully saturated rings. The van der Waals surface area contributed by atoms with Crippen molar-refractivity contribution in [1.82, 2.24) is 29.5 Å². The van der Waals surface area contributed by atoms with Gasteiger partial charge in [-0.25, -0.2) is 9.67 Å². The summed E-state index contributed by atoms with van der Waals surface area (Å²) in [7, 11) is 0. The number of carbonyl (C=O) groups excluding carboxylic acids is 2. The van der Waals surface area contributed by atoms with Crippen LogP contribution in [0.25, 0.3) is 16.7 Å². The van der Waals surface area contributed by atoms with Crippen LogP contribution in [0.3, 0.4) is 0 Å². The molecule has 0 radical (unpaired) electrons. The highest BCUT2D eigenvalue weighted by Crippen LogP contribution is 2.12. The Morgan fingerprint density at radius 1 is 1.18 bits per heavy atom. The van der Waals surface area contributed by atoms with Crippen LogP contribution >= 0.6 is 0 Å². The minimum absolute atomic E-state index is 0.0421. The molecule has 9 heteroatoms. The van der Waals surface area contributed by atoms with Gasteiger partial charge in [0.2, 0.25) is 11.8 Å². The molecule has 2 amide bonds. The van der Waals surface area contributed by atoms with Gasteiger partial charge in [-0.05, 0) is 26.0 Å². The van der Waals surface area contributed by atoms with Crippen LogP contribution in [-0.2, 0) is 16.1 Å². The summed E-state index contributed by atoms with van der Waals surface area (Å²) in [5.41, 5.74) is 0.862. The molecule has 3 rings (SSSR count). The van der Waals surface area contributed by atoms with Crippen molar-refractivity contribution in [1.29, 1.82) is 0 Å². The summed E-state index contributed by atoms with van der Waals surface area (Å²) < 4.78 is 2.82. The number of hydrogen-bond donors (Lipinski definition) is 1. The Balaban J connectivity index is 1.84. The van der Waals surface area contributed by atoms with Crippen LogP contribution < -0.4 is 10.9 Å². The zero-order valence-electron chi connectivity index (χ0n) is 15.8. The van der Waals surface area contributed by atoms with Crippen LogP contribution in [0.15, 0.2) is 47.7 Å². The van der Waals surface area contributed by atoms with E-state index in [0.717, 1.165) is 5.69 Å². The largest absolute Gasteiger partial charge is 0.355 e. The number of fused-ring (bicyclic) bond motifs is 1. The van der Waals surface area contributed by atoms with Crippen molar-refractivity contribution in [2.24, 2.45) is 0 Å². The average molecular weight is 382 g/mol. The molecular formula is C19H22N6O3. The van der Waals surface area contributed by atoms with Crippen molar-refractivity contribution in [2.75, 3.05) is 19.6 Å². The first-order valence-corrected chi connectivity index (χ1v) is 9.08. The molecule has 2 aromatic heterocycles. The maximum atomic E-state index is 12.8. The van der Waals surface area contributed by atoms with Crippen LogP contribution in [0, 0.1) is 0 Å². The standard InChI is InChI=1S/C19H22N6O3/c1-3-20-16(26)11-23(4-2)17(27)12-24-13-21-18-15(19(24)28)10-22-25(18)14-8-6-5-7-9-14/h5-10,13H,3-4,11-12H2,1-2H3,(H,20,26). The molecule has 0 atom stereocenters. The Hall–Kier alpha value is -3.49. The van der Waals surface area contributed by atoms with Crippen LogP contribution in [0.4, 0.5) is 0 Å². The fourth-order valence-corrected chi connectivity index (χ4v) is 2.87. The summed E-state index contributed by atoms with van der Waals surface area (Å²) >= 11 is 0. The van der Waals surface area contributed by atoms with Crippen LogP contribution in [0.5, 0.6) is 0 Å². The third-order valence-electron chi connectivity index (χ3n) is 4.30. The predicted molar refractivity (Wildman–Crippen MR) is 104 cm³/mol. The Morgan fingerprint density at radius 3 is 2.61 bits per heavy atom. The fourth-order valence-electron chi connectivity index (χ4n) is 2.87. The van der Waals surface area contributed by atoms with Crippen molar-refractivity contribution in [2.45, 2.75) is 20.4 Å². The second-order valence-electron chi connectivity index (χ2n) is 6.17. The lowest BCUT2D eigenvalue weighted by atomic mass is 10.3. The van der Waals surface area contributed by atoms with Gasteiger partial charge in [0.1, 0.15) is 18.3 Å². The summed E-state index contributed by atoms with van der Waals surface area (Å²) in [6.45, 7) is 4.23. The number of nitrogens with zero attached hydrogens (tertiary/aromatic N) is 5. The first-order valence-electron chi connectivity index (χ1n) is 9.08. The molecule has 146 valence electrons. The molecular weight excluding hydrogens is 360 g/mol. The van der Waals surface area contributed by atoms with Gasteiger partial charge in [-0.15, -0.1) is 0 Å². The van der Waals surface area contributed by atoms with E-state index in [-0.39, 0.29) is 30.5 Å². The third kappa shape index (κ3) is 3.93. The molecule has 0 aliphatic carbocycles. The monoisotopic (exact) mass is 382 g/mol. The quantitative estimate of drug-likeness (QED) is 0.644. The van der Waals surface area contributed by atoms with Gasteiger partial charge in [0.15, 0.2) is 5.65 Å². The molecule has 0 saturated heterocycles. The van der Waals surface area contributed by atoms with Gasteiger partial charge in [-0.1, -0.05) is 18.2 Å². The zero-order chi connectivity index (χ0) is 20.1. The lowest BCUT2D eigenvalue weighted by molar-refractivity contribution is -0.136. The van der Waals surface area contributed by atoms with E-state index in [1.807, 2.05) is 37.3 Å². The molecule has 0 spiro atoms. The zero-order valence-corrected chi connectivity index (χ0v) is 15.8. The molecule has 0 aliphatic rings. The number of benzene rings is 1. The van der Waals surface area contributed by atoms with Crippen molar-refractivity contribution >= 4 is 22.8 Å². The Morgan fingerprint density at radius 2 is 1.93 bits per heavy atom. The number of likely N-dealkylation sites (N-methyl/N-ethyl adjacent to an activating group) is 2. The van der Waals surface area contributed by atoms with E-state index in [1.54, 1.807) is 11.6 Å². The van der Waals surface area contributed by atoms with Crippen LogP contribution in [0.2, 0.25) is 0 Å². The van der Waals surface area contributed by atoms with Crippen molar-refractivity contribution in [3.63, 3.8) is 0 Å². The highest BCUT2D eigenvalue weighted by Gasteiger charge is 2.18. The van der Waals surface area contributed by atoms with E-state index in [1.165, 1.54) is 22.0 Å². The number of hydrogen-bond acceptors (Lipinski definition) is 5. The lowest BCUT2D eigenvalue weighted by Crippen LogP contribution is -2.42. The van der Waals surface area contributed by atoms with E-state index < -0.39 is 0 Å². The molecule has 28 heavy (non-hydrogen) atoms. The summed E-state index contributed by atoms with van der Waals surface area (Å²) in [5, 5.41) is 7.23. The third-order valence-corrected chi connectivity index (χ3v) is 4.30. The van der Waals surface area contributed by atoms with Gasteiger partial charge in [0.25, 0.3) is 5.56 Å². The maximum absolute atomic E-state index is 12.8. The Kier molecular flexibility index (Phi) is 5.83. The topological polar surface area (TPSA) is 102 Å². The van der Waals surface area contributed by atoms with Crippen molar-refractivity contribution < 1.29 is 9.59 Å². The molecule has 3 aromatic rings. The first kappa shape index (κ1) is 19.3. The van der Waals surface area contributed by atoms with Gasteiger partial charge in [0, 0.05) is 13.1 Å². The Labute approximate surface area is 161 Å². The number of aromatic nitrogens is 4. The molecule has 1 aromatic carbocycles. The minimum Gasteiger partial charge on any atom is -0.355 e. The average Bonchev–Trinajstić information content (AvgIpc) is 3.14. The second kappa shape index (κ2) is 8.47. The summed E-state index contributed by atoms with van der Waals surface area (Å²) in [4.78, 5) is 42.8. The first-order chi connectivity index (χ1) is 13.5. The number of para-hydroxylation sites is 1. The lowest BCUT2D eigenvalue weighted by Gasteiger charge is -2.20. The van der Waals surface area contributed by atoms with Gasteiger partial charge in [0.05, 0.1) is 18.4 Å². The smallest absolute Gasteiger partial charge is 0.264 e. The van der Waals surface area contributed by atoms with Crippen molar-refractivity contribution in [3.8, 4) is 5.69 Å². The van der Waals surface area contributed by atoms with E-state index in [9.17, 15) is 14.4 Å². The maximum Gasteiger partial charge on any atom is 0.264 e. The highest BCUT2D eigenvalue weighted by molar-refractivity contribution is 5.85. The molecule has 9 nitrogen and oxygen atoms in total. The van der Waals surface area contributed by atoms with Gasteiger partial charge in [-0.2, -0.15) is 5.10 Å². The van der Waals surface area contributed by atoms with E-state index in [4.69, 9.17) is 0 Å². The molecule has 0 aliphatic heterocycles.